The van der Waals surface area contributed by atoms with Crippen molar-refractivity contribution in [1.29, 1.82) is 0 Å². The smallest absolute Gasteiger partial charge is 0.276 e. The first-order valence-electron chi connectivity index (χ1n) is 8.15. The van der Waals surface area contributed by atoms with E-state index in [0.717, 1.165) is 0 Å². The fourth-order valence-corrected chi connectivity index (χ4v) is 2.46. The molecule has 0 aliphatic rings. The Morgan fingerprint density at radius 2 is 1.77 bits per heavy atom. The highest BCUT2D eigenvalue weighted by molar-refractivity contribution is 5.87. The lowest BCUT2D eigenvalue weighted by Crippen LogP contribution is -2.49. The molecular formula is C17H25N3O6. The largest absolute Gasteiger partial charge is 0.493 e. The van der Waals surface area contributed by atoms with Crippen molar-refractivity contribution in [3.63, 3.8) is 0 Å². The van der Waals surface area contributed by atoms with Gasteiger partial charge in [-0.1, -0.05) is 13.8 Å². The van der Waals surface area contributed by atoms with Gasteiger partial charge in [0, 0.05) is 19.0 Å². The fraction of sp³-hybridized carbons (Fsp3) is 0.529. The second-order valence-corrected chi connectivity index (χ2v) is 6.06. The second-order valence-electron chi connectivity index (χ2n) is 6.06. The lowest BCUT2D eigenvalue weighted by atomic mass is 10.0. The minimum Gasteiger partial charge on any atom is -0.493 e. The second kappa shape index (κ2) is 9.59. The quantitative estimate of drug-likeness (QED) is 0.503. The number of carbonyl (C=O) groups excluding carboxylic acids is 2. The average molecular weight is 367 g/mol. The number of nitrogens with one attached hydrogen (secondary N) is 2. The summed E-state index contributed by atoms with van der Waals surface area (Å²) in [6.45, 7) is 5.16. The van der Waals surface area contributed by atoms with Crippen LogP contribution < -0.4 is 20.1 Å². The topological polar surface area (TPSA) is 120 Å². The van der Waals surface area contributed by atoms with Crippen LogP contribution in [0.3, 0.4) is 0 Å². The molecule has 2 amide bonds. The molecule has 2 N–H and O–H groups in total. The van der Waals surface area contributed by atoms with Crippen molar-refractivity contribution in [3.8, 4) is 11.5 Å². The number of benzene rings is 1. The number of hydrogen-bond acceptors (Lipinski definition) is 6. The van der Waals surface area contributed by atoms with Crippen LogP contribution in [0.4, 0.5) is 5.69 Å². The summed E-state index contributed by atoms with van der Waals surface area (Å²) >= 11 is 0. The molecule has 1 atom stereocenters. The van der Waals surface area contributed by atoms with Crippen molar-refractivity contribution >= 4 is 17.5 Å². The molecule has 9 heteroatoms. The van der Waals surface area contributed by atoms with Crippen LogP contribution in [0, 0.1) is 16.0 Å². The van der Waals surface area contributed by atoms with E-state index in [1.807, 2.05) is 13.8 Å². The maximum absolute atomic E-state index is 12.2. The molecule has 0 radical (unpaired) electrons. The number of carbonyl (C=O) groups is 2. The zero-order valence-electron chi connectivity index (χ0n) is 15.6. The Morgan fingerprint density at radius 1 is 1.19 bits per heavy atom. The first-order chi connectivity index (χ1) is 12.2. The van der Waals surface area contributed by atoms with Crippen LogP contribution in [0.25, 0.3) is 0 Å². The number of methoxy groups -OCH3 is 2. The van der Waals surface area contributed by atoms with Crippen LogP contribution in [0.5, 0.6) is 11.5 Å². The van der Waals surface area contributed by atoms with Gasteiger partial charge in [-0.25, -0.2) is 0 Å². The van der Waals surface area contributed by atoms with Gasteiger partial charge in [0.15, 0.2) is 11.5 Å². The monoisotopic (exact) mass is 367 g/mol. The molecule has 0 heterocycles. The van der Waals surface area contributed by atoms with Crippen molar-refractivity contribution in [1.82, 2.24) is 10.6 Å². The molecule has 26 heavy (non-hydrogen) atoms. The van der Waals surface area contributed by atoms with E-state index in [1.165, 1.54) is 33.3 Å². The third-order valence-corrected chi connectivity index (χ3v) is 3.78. The van der Waals surface area contributed by atoms with E-state index < -0.39 is 11.0 Å². The van der Waals surface area contributed by atoms with Gasteiger partial charge in [0.25, 0.3) is 5.69 Å². The highest BCUT2D eigenvalue weighted by atomic mass is 16.6. The first kappa shape index (κ1) is 21.2. The minimum atomic E-state index is -0.659. The Labute approximate surface area is 152 Å². The Morgan fingerprint density at radius 3 is 2.23 bits per heavy atom. The maximum atomic E-state index is 12.2. The summed E-state index contributed by atoms with van der Waals surface area (Å²) < 4.78 is 10.3. The lowest BCUT2D eigenvalue weighted by Gasteiger charge is -2.21. The summed E-state index contributed by atoms with van der Waals surface area (Å²) in [7, 11) is 2.84. The number of hydrogen-bond donors (Lipinski definition) is 2. The van der Waals surface area contributed by atoms with Crippen LogP contribution in [-0.4, -0.2) is 43.5 Å². The van der Waals surface area contributed by atoms with Crippen LogP contribution in [0.1, 0.15) is 26.3 Å². The Hall–Kier alpha value is -2.84. The van der Waals surface area contributed by atoms with E-state index in [1.54, 1.807) is 0 Å². The molecule has 0 unspecified atom stereocenters. The number of rotatable bonds is 9. The maximum Gasteiger partial charge on any atom is 0.276 e. The SMILES string of the molecule is COc1cc(CCNC(=O)[C@H](NC(C)=O)C(C)C)c([N+](=O)[O-])cc1OC. The molecule has 0 bridgehead atoms. The molecule has 1 aromatic carbocycles. The van der Waals surface area contributed by atoms with Gasteiger partial charge in [-0.3, -0.25) is 19.7 Å². The van der Waals surface area contributed by atoms with Gasteiger partial charge >= 0.3 is 0 Å². The van der Waals surface area contributed by atoms with Crippen molar-refractivity contribution in [2.75, 3.05) is 20.8 Å². The molecule has 9 nitrogen and oxygen atoms in total. The average Bonchev–Trinajstić information content (AvgIpc) is 2.58. The summed E-state index contributed by atoms with van der Waals surface area (Å²) in [5.41, 5.74) is 0.299. The van der Waals surface area contributed by atoms with E-state index in [4.69, 9.17) is 9.47 Å². The Kier molecular flexibility index (Phi) is 7.82. The van der Waals surface area contributed by atoms with E-state index in [-0.39, 0.29) is 42.1 Å². The summed E-state index contributed by atoms with van der Waals surface area (Å²) in [4.78, 5) is 34.2. The number of nitrogens with zero attached hydrogens (tertiary/aromatic N) is 1. The normalized spacial score (nSPS) is 11.6. The standard InChI is InChI=1S/C17H25N3O6/c1-10(2)16(19-11(3)21)17(22)18-7-6-12-8-14(25-4)15(26-5)9-13(12)20(23)24/h8-10,16H,6-7H2,1-5H3,(H,18,22)(H,19,21)/t16-/m1/s1. The van der Waals surface area contributed by atoms with Gasteiger partial charge in [-0.05, 0) is 18.4 Å². The molecule has 144 valence electrons. The predicted molar refractivity (Wildman–Crippen MR) is 95.4 cm³/mol. The molecule has 0 saturated carbocycles. The van der Waals surface area contributed by atoms with Gasteiger partial charge in [0.05, 0.1) is 25.2 Å². The molecule has 0 aromatic heterocycles. The van der Waals surface area contributed by atoms with Gasteiger partial charge in [0.1, 0.15) is 6.04 Å². The molecule has 0 aliphatic carbocycles. The van der Waals surface area contributed by atoms with Gasteiger partial charge in [-0.15, -0.1) is 0 Å². The van der Waals surface area contributed by atoms with E-state index in [2.05, 4.69) is 10.6 Å². The van der Waals surface area contributed by atoms with E-state index >= 15 is 0 Å². The van der Waals surface area contributed by atoms with Crippen molar-refractivity contribution < 1.29 is 24.0 Å². The lowest BCUT2D eigenvalue weighted by molar-refractivity contribution is -0.385. The predicted octanol–water partition coefficient (Wildman–Crippen LogP) is 1.43. The molecule has 1 aromatic rings. The van der Waals surface area contributed by atoms with Crippen LogP contribution >= 0.6 is 0 Å². The van der Waals surface area contributed by atoms with E-state index in [0.29, 0.717) is 11.3 Å². The first-order valence-corrected chi connectivity index (χ1v) is 8.15. The highest BCUT2D eigenvalue weighted by Gasteiger charge is 2.23. The molecule has 1 rings (SSSR count). The summed E-state index contributed by atoms with van der Waals surface area (Å²) in [5, 5.41) is 16.6. The van der Waals surface area contributed by atoms with Crippen LogP contribution in [-0.2, 0) is 16.0 Å². The van der Waals surface area contributed by atoms with Crippen molar-refractivity contribution in [3.05, 3.63) is 27.8 Å². The number of ether oxygens (including phenoxy) is 2. The van der Waals surface area contributed by atoms with Gasteiger partial charge in [0.2, 0.25) is 11.8 Å². The molecule has 0 saturated heterocycles. The molecule has 0 fully saturated rings. The highest BCUT2D eigenvalue weighted by Crippen LogP contribution is 2.34. The number of nitro groups is 1. The van der Waals surface area contributed by atoms with Gasteiger partial charge < -0.3 is 20.1 Å². The Balaban J connectivity index is 2.87. The van der Waals surface area contributed by atoms with Gasteiger partial charge in [-0.2, -0.15) is 0 Å². The van der Waals surface area contributed by atoms with Crippen molar-refractivity contribution in [2.24, 2.45) is 5.92 Å². The van der Waals surface area contributed by atoms with Crippen molar-refractivity contribution in [2.45, 2.75) is 33.2 Å². The molecule has 0 aliphatic heterocycles. The number of nitro benzene ring substituents is 1. The Bertz CT molecular complexity index is 675. The zero-order chi connectivity index (χ0) is 19.9. The fourth-order valence-electron chi connectivity index (χ4n) is 2.46. The van der Waals surface area contributed by atoms with Crippen LogP contribution in [0.15, 0.2) is 12.1 Å². The zero-order valence-corrected chi connectivity index (χ0v) is 15.6. The third kappa shape index (κ3) is 5.61. The van der Waals surface area contributed by atoms with E-state index in [9.17, 15) is 19.7 Å². The molecule has 0 spiro atoms. The summed E-state index contributed by atoms with van der Waals surface area (Å²) in [6, 6.07) is 2.16. The third-order valence-electron chi connectivity index (χ3n) is 3.78. The summed E-state index contributed by atoms with van der Waals surface area (Å²) in [5.74, 6) is -0.0859. The summed E-state index contributed by atoms with van der Waals surface area (Å²) in [6.07, 6.45) is 0.229. The number of amides is 2. The minimum absolute atomic E-state index is 0.0886. The van der Waals surface area contributed by atoms with Crippen LogP contribution in [0.2, 0.25) is 0 Å². The molecular weight excluding hydrogens is 342 g/mol.